The molecule has 1 aromatic rings. The van der Waals surface area contributed by atoms with Crippen molar-refractivity contribution in [3.8, 4) is 5.75 Å². The highest BCUT2D eigenvalue weighted by atomic mass is 16.5. The molecule has 1 aromatic carbocycles. The molecule has 1 heterocycles. The summed E-state index contributed by atoms with van der Waals surface area (Å²) in [5.41, 5.74) is 7.31. The number of para-hydroxylation sites is 1. The number of fused-ring (bicyclic) bond motifs is 1. The van der Waals surface area contributed by atoms with E-state index in [0.717, 1.165) is 18.9 Å². The maximum Gasteiger partial charge on any atom is 0.124 e. The fourth-order valence-electron chi connectivity index (χ4n) is 4.13. The summed E-state index contributed by atoms with van der Waals surface area (Å²) in [6, 6.07) is 9.58. The molecule has 4 unspecified atom stereocenters. The molecular formula is C17H26N2O. The second kappa shape index (κ2) is 5.74. The van der Waals surface area contributed by atoms with Crippen molar-refractivity contribution >= 4 is 0 Å². The molecule has 3 rings (SSSR count). The van der Waals surface area contributed by atoms with Crippen LogP contribution in [0.4, 0.5) is 0 Å². The van der Waals surface area contributed by atoms with E-state index in [1.807, 2.05) is 0 Å². The van der Waals surface area contributed by atoms with Crippen LogP contribution in [-0.2, 0) is 0 Å². The molecule has 3 nitrogen and oxygen atoms in total. The Labute approximate surface area is 122 Å². The van der Waals surface area contributed by atoms with E-state index in [-0.39, 0.29) is 0 Å². The van der Waals surface area contributed by atoms with Crippen LogP contribution in [0, 0.1) is 11.8 Å². The number of hydrogen-bond donors (Lipinski definition) is 1. The minimum Gasteiger partial charge on any atom is -0.493 e. The fourth-order valence-corrected chi connectivity index (χ4v) is 4.13. The van der Waals surface area contributed by atoms with E-state index in [9.17, 15) is 0 Å². The van der Waals surface area contributed by atoms with E-state index in [2.05, 4.69) is 43.1 Å². The minimum atomic E-state index is 0.456. The lowest BCUT2D eigenvalue weighted by atomic mass is 9.88. The van der Waals surface area contributed by atoms with Crippen molar-refractivity contribution < 1.29 is 4.74 Å². The van der Waals surface area contributed by atoms with Crippen molar-refractivity contribution in [2.24, 2.45) is 17.6 Å². The minimum absolute atomic E-state index is 0.456. The van der Waals surface area contributed by atoms with Gasteiger partial charge in [0.05, 0.1) is 6.61 Å². The van der Waals surface area contributed by atoms with E-state index in [0.29, 0.717) is 23.9 Å². The Morgan fingerprint density at radius 2 is 2.10 bits per heavy atom. The summed E-state index contributed by atoms with van der Waals surface area (Å²) in [5, 5.41) is 0. The summed E-state index contributed by atoms with van der Waals surface area (Å²) in [6.07, 6.45) is 3.88. The summed E-state index contributed by atoms with van der Waals surface area (Å²) < 4.78 is 5.88. The zero-order chi connectivity index (χ0) is 14.1. The Hall–Kier alpha value is -1.06. The predicted octanol–water partition coefficient (Wildman–Crippen LogP) is 2.82. The Balaban J connectivity index is 1.88. The molecule has 2 aliphatic rings. The van der Waals surface area contributed by atoms with Gasteiger partial charge in [-0.05, 0) is 38.4 Å². The van der Waals surface area contributed by atoms with Crippen LogP contribution >= 0.6 is 0 Å². The van der Waals surface area contributed by atoms with Crippen LogP contribution in [0.1, 0.15) is 37.8 Å². The highest BCUT2D eigenvalue weighted by molar-refractivity contribution is 5.38. The largest absolute Gasteiger partial charge is 0.493 e. The molecule has 110 valence electrons. The van der Waals surface area contributed by atoms with Crippen LogP contribution in [0.3, 0.4) is 0 Å². The number of hydrogen-bond acceptors (Lipinski definition) is 3. The summed E-state index contributed by atoms with van der Waals surface area (Å²) >= 11 is 0. The summed E-state index contributed by atoms with van der Waals surface area (Å²) in [7, 11) is 2.28. The Bertz CT molecular complexity index is 462. The average molecular weight is 274 g/mol. The summed E-state index contributed by atoms with van der Waals surface area (Å²) in [6.45, 7) is 3.92. The van der Waals surface area contributed by atoms with E-state index in [1.165, 1.54) is 24.8 Å². The van der Waals surface area contributed by atoms with Gasteiger partial charge in [0.1, 0.15) is 5.75 Å². The molecule has 0 saturated heterocycles. The lowest BCUT2D eigenvalue weighted by Crippen LogP contribution is -2.44. The second-order valence-electron chi connectivity index (χ2n) is 6.43. The van der Waals surface area contributed by atoms with Gasteiger partial charge in [-0.15, -0.1) is 0 Å². The van der Waals surface area contributed by atoms with E-state index >= 15 is 0 Å². The molecule has 1 aliphatic carbocycles. The van der Waals surface area contributed by atoms with Crippen LogP contribution in [0.15, 0.2) is 24.3 Å². The van der Waals surface area contributed by atoms with Crippen molar-refractivity contribution in [2.45, 2.75) is 38.3 Å². The normalized spacial score (nSPS) is 33.0. The third-order valence-corrected chi connectivity index (χ3v) is 5.16. The van der Waals surface area contributed by atoms with Crippen molar-refractivity contribution in [3.05, 3.63) is 29.8 Å². The van der Waals surface area contributed by atoms with Gasteiger partial charge in [-0.3, -0.25) is 4.90 Å². The third kappa shape index (κ3) is 2.33. The topological polar surface area (TPSA) is 38.5 Å². The van der Waals surface area contributed by atoms with Gasteiger partial charge in [0.25, 0.3) is 0 Å². The standard InChI is InChI=1S/C17H26N2O/c1-12-11-20-16-9-4-3-7-14(16)17(12)19(2)15-8-5-6-13(15)10-18/h3-4,7,9,12-13,15,17H,5-6,8,10-11,18H2,1-2H3. The second-order valence-corrected chi connectivity index (χ2v) is 6.43. The van der Waals surface area contributed by atoms with Crippen molar-refractivity contribution in [3.63, 3.8) is 0 Å². The molecule has 4 atom stereocenters. The first-order valence-corrected chi connectivity index (χ1v) is 7.86. The Morgan fingerprint density at radius 1 is 1.30 bits per heavy atom. The van der Waals surface area contributed by atoms with E-state index in [4.69, 9.17) is 10.5 Å². The Morgan fingerprint density at radius 3 is 2.90 bits per heavy atom. The van der Waals surface area contributed by atoms with Gasteiger partial charge < -0.3 is 10.5 Å². The number of nitrogens with two attached hydrogens (primary N) is 1. The van der Waals surface area contributed by atoms with Crippen LogP contribution in [-0.4, -0.2) is 31.1 Å². The molecule has 0 radical (unpaired) electrons. The summed E-state index contributed by atoms with van der Waals surface area (Å²) in [5.74, 6) is 2.24. The number of rotatable bonds is 3. The molecule has 2 N–H and O–H groups in total. The third-order valence-electron chi connectivity index (χ3n) is 5.16. The molecule has 3 heteroatoms. The van der Waals surface area contributed by atoms with Gasteiger partial charge >= 0.3 is 0 Å². The molecule has 0 bridgehead atoms. The zero-order valence-corrected chi connectivity index (χ0v) is 12.6. The maximum absolute atomic E-state index is 5.97. The first-order chi connectivity index (χ1) is 9.72. The van der Waals surface area contributed by atoms with Gasteiger partial charge in [-0.1, -0.05) is 31.5 Å². The molecule has 0 aromatic heterocycles. The Kier molecular flexibility index (Phi) is 3.99. The molecule has 1 fully saturated rings. The number of benzene rings is 1. The smallest absolute Gasteiger partial charge is 0.124 e. The average Bonchev–Trinajstić information content (AvgIpc) is 2.95. The molecule has 20 heavy (non-hydrogen) atoms. The zero-order valence-electron chi connectivity index (χ0n) is 12.6. The van der Waals surface area contributed by atoms with Gasteiger partial charge in [0.15, 0.2) is 0 Å². The highest BCUT2D eigenvalue weighted by Gasteiger charge is 2.38. The maximum atomic E-state index is 5.97. The van der Waals surface area contributed by atoms with Gasteiger partial charge in [-0.2, -0.15) is 0 Å². The van der Waals surface area contributed by atoms with E-state index < -0.39 is 0 Å². The highest BCUT2D eigenvalue weighted by Crippen LogP contribution is 2.42. The predicted molar refractivity (Wildman–Crippen MR) is 81.8 cm³/mol. The van der Waals surface area contributed by atoms with Crippen LogP contribution < -0.4 is 10.5 Å². The quantitative estimate of drug-likeness (QED) is 0.921. The molecule has 1 saturated carbocycles. The first-order valence-electron chi connectivity index (χ1n) is 7.86. The SMILES string of the molecule is CC1COc2ccccc2C1N(C)C1CCCC1CN. The number of nitrogens with zero attached hydrogens (tertiary/aromatic N) is 1. The lowest BCUT2D eigenvalue weighted by Gasteiger charge is -2.42. The number of ether oxygens (including phenoxy) is 1. The van der Waals surface area contributed by atoms with Gasteiger partial charge in [0, 0.05) is 23.6 Å². The van der Waals surface area contributed by atoms with Crippen LogP contribution in [0.5, 0.6) is 5.75 Å². The molecule has 0 spiro atoms. The fraction of sp³-hybridized carbons (Fsp3) is 0.647. The van der Waals surface area contributed by atoms with Gasteiger partial charge in [-0.25, -0.2) is 0 Å². The summed E-state index contributed by atoms with van der Waals surface area (Å²) in [4.78, 5) is 2.58. The molecule has 0 amide bonds. The van der Waals surface area contributed by atoms with Crippen molar-refractivity contribution in [1.82, 2.24) is 4.90 Å². The van der Waals surface area contributed by atoms with Crippen LogP contribution in [0.25, 0.3) is 0 Å². The van der Waals surface area contributed by atoms with E-state index in [1.54, 1.807) is 0 Å². The van der Waals surface area contributed by atoms with Crippen molar-refractivity contribution in [2.75, 3.05) is 20.2 Å². The van der Waals surface area contributed by atoms with Gasteiger partial charge in [0.2, 0.25) is 0 Å². The monoisotopic (exact) mass is 274 g/mol. The lowest BCUT2D eigenvalue weighted by molar-refractivity contribution is 0.0647. The first kappa shape index (κ1) is 13.9. The molecular weight excluding hydrogens is 248 g/mol. The van der Waals surface area contributed by atoms with Crippen molar-refractivity contribution in [1.29, 1.82) is 0 Å². The molecule has 1 aliphatic heterocycles. The van der Waals surface area contributed by atoms with Crippen LogP contribution in [0.2, 0.25) is 0 Å².